The maximum absolute atomic E-state index is 12.6. The molecule has 128 valence electrons. The highest BCUT2D eigenvalue weighted by Crippen LogP contribution is 2.10. The van der Waals surface area contributed by atoms with Gasteiger partial charge in [0.2, 0.25) is 5.91 Å². The molecule has 0 radical (unpaired) electrons. The highest BCUT2D eigenvalue weighted by Gasteiger charge is 2.24. The zero-order valence-corrected chi connectivity index (χ0v) is 14.4. The average molecular weight is 329 g/mol. The molecule has 2 heterocycles. The minimum absolute atomic E-state index is 0.110. The largest absolute Gasteiger partial charge is 0.347 e. The van der Waals surface area contributed by atoms with Crippen LogP contribution in [0, 0.1) is 5.92 Å². The average Bonchev–Trinajstić information content (AvgIpc) is 3.07. The molecule has 0 bridgehead atoms. The highest BCUT2D eigenvalue weighted by atomic mass is 16.2. The van der Waals surface area contributed by atoms with Gasteiger partial charge in [0, 0.05) is 38.2 Å². The van der Waals surface area contributed by atoms with Crippen molar-refractivity contribution >= 4 is 11.8 Å². The second kappa shape index (κ2) is 7.72. The van der Waals surface area contributed by atoms with E-state index in [4.69, 9.17) is 0 Å². The van der Waals surface area contributed by atoms with Crippen molar-refractivity contribution in [3.05, 3.63) is 42.6 Å². The molecule has 2 aromatic rings. The van der Waals surface area contributed by atoms with Crippen molar-refractivity contribution in [3.8, 4) is 5.82 Å². The molecule has 0 spiro atoms. The van der Waals surface area contributed by atoms with Gasteiger partial charge in [-0.05, 0) is 24.5 Å². The van der Waals surface area contributed by atoms with Crippen molar-refractivity contribution in [2.24, 2.45) is 5.92 Å². The van der Waals surface area contributed by atoms with E-state index in [0.29, 0.717) is 17.8 Å². The molecule has 2 aromatic heterocycles. The van der Waals surface area contributed by atoms with Gasteiger partial charge in [-0.15, -0.1) is 0 Å². The Balaban J connectivity index is 2.17. The Bertz CT molecular complexity index is 695. The molecule has 2 rings (SSSR count). The van der Waals surface area contributed by atoms with E-state index < -0.39 is 6.04 Å². The van der Waals surface area contributed by atoms with Crippen LogP contribution in [0.5, 0.6) is 0 Å². The number of pyridine rings is 1. The van der Waals surface area contributed by atoms with Gasteiger partial charge in [0.05, 0.1) is 0 Å². The molecular weight excluding hydrogens is 306 g/mol. The van der Waals surface area contributed by atoms with Crippen molar-refractivity contribution < 1.29 is 9.59 Å². The predicted molar refractivity (Wildman–Crippen MR) is 90.8 cm³/mol. The van der Waals surface area contributed by atoms with Gasteiger partial charge < -0.3 is 10.2 Å². The third-order valence-electron chi connectivity index (χ3n) is 3.53. The first-order chi connectivity index (χ1) is 11.4. The molecule has 0 fully saturated rings. The molecule has 0 saturated carbocycles. The maximum atomic E-state index is 12.6. The SMILES string of the molecule is CC(C)C[C@@H](NC(=O)c1ccnc(-n2ccnc2)c1)C(=O)N(C)C. The van der Waals surface area contributed by atoms with Gasteiger partial charge in [0.1, 0.15) is 18.2 Å². The van der Waals surface area contributed by atoms with Crippen LogP contribution in [0.2, 0.25) is 0 Å². The van der Waals surface area contributed by atoms with Crippen LogP contribution in [0.15, 0.2) is 37.1 Å². The summed E-state index contributed by atoms with van der Waals surface area (Å²) in [6.45, 7) is 4.04. The number of nitrogens with one attached hydrogen (secondary N) is 1. The second-order valence-corrected chi connectivity index (χ2v) is 6.26. The summed E-state index contributed by atoms with van der Waals surface area (Å²) in [6.07, 6.45) is 7.16. The van der Waals surface area contributed by atoms with E-state index in [1.807, 2.05) is 13.8 Å². The molecule has 0 aliphatic heterocycles. The summed E-state index contributed by atoms with van der Waals surface area (Å²) in [5.41, 5.74) is 0.453. The summed E-state index contributed by atoms with van der Waals surface area (Å²) in [6, 6.07) is 2.75. The van der Waals surface area contributed by atoms with Crippen LogP contribution >= 0.6 is 0 Å². The van der Waals surface area contributed by atoms with Crippen molar-refractivity contribution in [1.82, 2.24) is 24.8 Å². The van der Waals surface area contributed by atoms with E-state index in [1.165, 1.54) is 4.90 Å². The fourth-order valence-corrected chi connectivity index (χ4v) is 2.34. The van der Waals surface area contributed by atoms with Gasteiger partial charge in [0.25, 0.3) is 5.91 Å². The van der Waals surface area contributed by atoms with E-state index in [1.54, 1.807) is 55.7 Å². The Morgan fingerprint density at radius 3 is 2.62 bits per heavy atom. The van der Waals surface area contributed by atoms with Gasteiger partial charge in [-0.25, -0.2) is 9.97 Å². The van der Waals surface area contributed by atoms with Crippen LogP contribution in [-0.2, 0) is 4.79 Å². The molecule has 0 aliphatic rings. The van der Waals surface area contributed by atoms with Crippen molar-refractivity contribution in [2.75, 3.05) is 14.1 Å². The summed E-state index contributed by atoms with van der Waals surface area (Å²) in [5.74, 6) is 0.484. The summed E-state index contributed by atoms with van der Waals surface area (Å²) in [7, 11) is 3.37. The molecule has 1 N–H and O–H groups in total. The summed E-state index contributed by atoms with van der Waals surface area (Å²) >= 11 is 0. The van der Waals surface area contributed by atoms with Crippen molar-refractivity contribution in [2.45, 2.75) is 26.3 Å². The maximum Gasteiger partial charge on any atom is 0.252 e. The van der Waals surface area contributed by atoms with E-state index in [0.717, 1.165) is 0 Å². The lowest BCUT2D eigenvalue weighted by molar-refractivity contribution is -0.131. The first kappa shape index (κ1) is 17.7. The summed E-state index contributed by atoms with van der Waals surface area (Å²) in [5, 5.41) is 2.84. The molecule has 7 nitrogen and oxygen atoms in total. The number of aromatic nitrogens is 3. The summed E-state index contributed by atoms with van der Waals surface area (Å²) in [4.78, 5) is 34.5. The third kappa shape index (κ3) is 4.41. The third-order valence-corrected chi connectivity index (χ3v) is 3.53. The van der Waals surface area contributed by atoms with Crippen LogP contribution in [0.4, 0.5) is 0 Å². The van der Waals surface area contributed by atoms with Gasteiger partial charge in [-0.2, -0.15) is 0 Å². The number of hydrogen-bond donors (Lipinski definition) is 1. The summed E-state index contributed by atoms with van der Waals surface area (Å²) < 4.78 is 1.72. The van der Waals surface area contributed by atoms with E-state index >= 15 is 0 Å². The second-order valence-electron chi connectivity index (χ2n) is 6.26. The zero-order valence-electron chi connectivity index (χ0n) is 14.4. The molecule has 0 aromatic carbocycles. The molecule has 24 heavy (non-hydrogen) atoms. The molecule has 0 aliphatic carbocycles. The fourth-order valence-electron chi connectivity index (χ4n) is 2.34. The minimum atomic E-state index is -0.544. The first-order valence-corrected chi connectivity index (χ1v) is 7.85. The van der Waals surface area contributed by atoms with E-state index in [2.05, 4.69) is 15.3 Å². The predicted octanol–water partition coefficient (Wildman–Crippen LogP) is 1.50. The topological polar surface area (TPSA) is 80.1 Å². The number of carbonyl (C=O) groups excluding carboxylic acids is 2. The number of rotatable bonds is 6. The van der Waals surface area contributed by atoms with Gasteiger partial charge in [-0.3, -0.25) is 14.2 Å². The Morgan fingerprint density at radius 2 is 2.04 bits per heavy atom. The lowest BCUT2D eigenvalue weighted by atomic mass is 10.0. The van der Waals surface area contributed by atoms with Crippen LogP contribution in [0.1, 0.15) is 30.6 Å². The highest BCUT2D eigenvalue weighted by molar-refractivity contribution is 5.97. The normalized spacial score (nSPS) is 12.0. The Hall–Kier alpha value is -2.70. The number of carbonyl (C=O) groups is 2. The molecule has 2 amide bonds. The first-order valence-electron chi connectivity index (χ1n) is 7.85. The monoisotopic (exact) mass is 329 g/mol. The quantitative estimate of drug-likeness (QED) is 0.871. The standard InChI is InChI=1S/C17H23N5O2/c1-12(2)9-14(17(24)21(3)4)20-16(23)13-5-6-19-15(10-13)22-8-7-18-11-22/h5-8,10-12,14H,9H2,1-4H3,(H,20,23)/t14-/m1/s1. The smallest absolute Gasteiger partial charge is 0.252 e. The lowest BCUT2D eigenvalue weighted by Gasteiger charge is -2.23. The molecule has 7 heteroatoms. The van der Waals surface area contributed by atoms with E-state index in [-0.39, 0.29) is 17.7 Å². The Labute approximate surface area is 141 Å². The van der Waals surface area contributed by atoms with Crippen LogP contribution in [0.25, 0.3) is 5.82 Å². The molecule has 0 unspecified atom stereocenters. The van der Waals surface area contributed by atoms with Gasteiger partial charge in [0.15, 0.2) is 0 Å². The molecule has 1 atom stereocenters. The van der Waals surface area contributed by atoms with Gasteiger partial charge >= 0.3 is 0 Å². The zero-order chi connectivity index (χ0) is 17.7. The van der Waals surface area contributed by atoms with Crippen LogP contribution in [0.3, 0.4) is 0 Å². The van der Waals surface area contributed by atoms with Crippen molar-refractivity contribution in [1.29, 1.82) is 0 Å². The molecule has 0 saturated heterocycles. The molecular formula is C17H23N5O2. The van der Waals surface area contributed by atoms with Crippen molar-refractivity contribution in [3.63, 3.8) is 0 Å². The number of likely N-dealkylation sites (N-methyl/N-ethyl adjacent to an activating group) is 1. The fraction of sp³-hybridized carbons (Fsp3) is 0.412. The number of amides is 2. The minimum Gasteiger partial charge on any atom is -0.347 e. The Morgan fingerprint density at radius 1 is 1.29 bits per heavy atom. The number of hydrogen-bond acceptors (Lipinski definition) is 4. The van der Waals surface area contributed by atoms with E-state index in [9.17, 15) is 9.59 Å². The van der Waals surface area contributed by atoms with Crippen LogP contribution in [-0.4, -0.2) is 51.4 Å². The number of imidazole rings is 1. The van der Waals surface area contributed by atoms with Gasteiger partial charge in [-0.1, -0.05) is 13.8 Å². The van der Waals surface area contributed by atoms with Crippen LogP contribution < -0.4 is 5.32 Å². The lowest BCUT2D eigenvalue weighted by Crippen LogP contribution is -2.46. The number of nitrogens with zero attached hydrogens (tertiary/aromatic N) is 4. The Kier molecular flexibility index (Phi) is 5.68.